The molecular formula is C17H21Cl2F3O3. The summed E-state index contributed by atoms with van der Waals surface area (Å²) in [5.74, 6) is -2.76. The summed E-state index contributed by atoms with van der Waals surface area (Å²) in [7, 11) is 0. The van der Waals surface area contributed by atoms with Crippen LogP contribution in [-0.2, 0) is 9.53 Å². The molecular weight excluding hydrogens is 380 g/mol. The van der Waals surface area contributed by atoms with E-state index in [1.165, 1.54) is 0 Å². The smallest absolute Gasteiger partial charge is 0.475 e. The molecule has 1 N–H and O–H groups in total. The Hall–Kier alpha value is -0.980. The van der Waals surface area contributed by atoms with Gasteiger partial charge in [0.1, 0.15) is 0 Å². The van der Waals surface area contributed by atoms with E-state index in [2.05, 4.69) is 20.8 Å². The number of hydrogen-bond donors (Lipinski definition) is 1. The molecule has 0 aromatic heterocycles. The van der Waals surface area contributed by atoms with E-state index in [1.54, 1.807) is 0 Å². The summed E-state index contributed by atoms with van der Waals surface area (Å²) in [6.07, 6.45) is -1.25. The zero-order valence-corrected chi connectivity index (χ0v) is 15.7. The third-order valence-corrected chi connectivity index (χ3v) is 4.24. The number of benzene rings is 1. The van der Waals surface area contributed by atoms with Crippen molar-refractivity contribution in [2.75, 3.05) is 0 Å². The van der Waals surface area contributed by atoms with Gasteiger partial charge in [-0.1, -0.05) is 50.0 Å². The minimum Gasteiger partial charge on any atom is -0.475 e. The monoisotopic (exact) mass is 400 g/mol. The van der Waals surface area contributed by atoms with Crippen LogP contribution in [-0.4, -0.2) is 23.4 Å². The highest BCUT2D eigenvalue weighted by atomic mass is 35.5. The maximum atomic E-state index is 10.6. The van der Waals surface area contributed by atoms with E-state index in [9.17, 15) is 13.2 Å². The Morgan fingerprint density at radius 1 is 1.20 bits per heavy atom. The second-order valence-electron chi connectivity index (χ2n) is 7.07. The minimum absolute atomic E-state index is 0.173. The molecule has 1 aliphatic heterocycles. The fourth-order valence-electron chi connectivity index (χ4n) is 2.50. The van der Waals surface area contributed by atoms with E-state index in [0.717, 1.165) is 24.8 Å². The number of aliphatic carboxylic acids is 1. The molecule has 0 radical (unpaired) electrons. The van der Waals surface area contributed by atoms with E-state index >= 15 is 0 Å². The lowest BCUT2D eigenvalue weighted by Crippen LogP contribution is -2.21. The van der Waals surface area contributed by atoms with Gasteiger partial charge in [-0.05, 0) is 42.4 Å². The van der Waals surface area contributed by atoms with E-state index in [-0.39, 0.29) is 6.10 Å². The third kappa shape index (κ3) is 7.84. The van der Waals surface area contributed by atoms with Gasteiger partial charge in [-0.2, -0.15) is 13.2 Å². The van der Waals surface area contributed by atoms with Crippen LogP contribution in [0, 0.1) is 5.41 Å². The standard InChI is InChI=1S/C15H20Cl2O.C2HF3O2/c1-15(2,3)9-11-5-7-14(18-11)10-4-6-12(16)13(17)8-10;3-2(4,5)1(6)7/h4,6,8,11,14H,5,7,9H2,1-3H3;(H,6,7). The Bertz CT molecular complexity index is 598. The van der Waals surface area contributed by atoms with Crippen molar-refractivity contribution in [1.82, 2.24) is 0 Å². The molecule has 3 nitrogen and oxygen atoms in total. The van der Waals surface area contributed by atoms with E-state index in [0.29, 0.717) is 21.6 Å². The Balaban J connectivity index is 0.000000381. The zero-order chi connectivity index (χ0) is 19.4. The Kier molecular flexibility index (Phi) is 7.59. The van der Waals surface area contributed by atoms with Crippen LogP contribution in [0.1, 0.15) is 51.7 Å². The van der Waals surface area contributed by atoms with E-state index in [1.807, 2.05) is 18.2 Å². The van der Waals surface area contributed by atoms with Gasteiger partial charge >= 0.3 is 12.1 Å². The summed E-state index contributed by atoms with van der Waals surface area (Å²) in [4.78, 5) is 8.90. The fraction of sp³-hybridized carbons (Fsp3) is 0.588. The first-order valence-electron chi connectivity index (χ1n) is 7.70. The van der Waals surface area contributed by atoms with Crippen molar-refractivity contribution in [2.24, 2.45) is 5.41 Å². The predicted molar refractivity (Wildman–Crippen MR) is 91.1 cm³/mol. The quantitative estimate of drug-likeness (QED) is 0.634. The molecule has 1 heterocycles. The molecule has 0 aliphatic carbocycles. The number of carbonyl (C=O) groups is 1. The van der Waals surface area contributed by atoms with E-state index < -0.39 is 12.1 Å². The number of rotatable bonds is 2. The van der Waals surface area contributed by atoms with Gasteiger partial charge in [0.05, 0.1) is 22.3 Å². The van der Waals surface area contributed by atoms with Gasteiger partial charge in [-0.3, -0.25) is 0 Å². The largest absolute Gasteiger partial charge is 0.490 e. The summed E-state index contributed by atoms with van der Waals surface area (Å²) < 4.78 is 37.9. The normalized spacial score (nSPS) is 20.8. The van der Waals surface area contributed by atoms with Gasteiger partial charge in [-0.25, -0.2) is 4.79 Å². The molecule has 1 aliphatic rings. The molecule has 2 atom stereocenters. The lowest BCUT2D eigenvalue weighted by atomic mass is 9.88. The maximum absolute atomic E-state index is 10.6. The third-order valence-electron chi connectivity index (χ3n) is 3.51. The van der Waals surface area contributed by atoms with Crippen LogP contribution < -0.4 is 0 Å². The van der Waals surface area contributed by atoms with Gasteiger partial charge in [0.25, 0.3) is 0 Å². The summed E-state index contributed by atoms with van der Waals surface area (Å²) >= 11 is 12.0. The number of hydrogen-bond acceptors (Lipinski definition) is 2. The van der Waals surface area contributed by atoms with Crippen molar-refractivity contribution < 1.29 is 27.8 Å². The predicted octanol–water partition coefficient (Wildman–Crippen LogP) is 6.28. The number of carboxylic acid groups (broad SMARTS) is 1. The Labute approximate surface area is 155 Å². The van der Waals surface area contributed by atoms with E-state index in [4.69, 9.17) is 37.8 Å². The Morgan fingerprint density at radius 2 is 1.76 bits per heavy atom. The van der Waals surface area contributed by atoms with Crippen molar-refractivity contribution in [1.29, 1.82) is 0 Å². The summed E-state index contributed by atoms with van der Waals surface area (Å²) in [5.41, 5.74) is 1.46. The molecule has 0 amide bonds. The van der Waals surface area contributed by atoms with Crippen LogP contribution >= 0.6 is 23.2 Å². The van der Waals surface area contributed by atoms with Crippen molar-refractivity contribution in [3.63, 3.8) is 0 Å². The SMILES string of the molecule is CC(C)(C)CC1CCC(c2ccc(Cl)c(Cl)c2)O1.O=C(O)C(F)(F)F. The second-order valence-corrected chi connectivity index (χ2v) is 7.88. The van der Waals surface area contributed by atoms with Crippen LogP contribution in [0.5, 0.6) is 0 Å². The molecule has 1 saturated heterocycles. The molecule has 2 unspecified atom stereocenters. The zero-order valence-electron chi connectivity index (χ0n) is 14.2. The molecule has 1 aromatic rings. The van der Waals surface area contributed by atoms with Crippen LogP contribution in [0.25, 0.3) is 0 Å². The highest BCUT2D eigenvalue weighted by Crippen LogP contribution is 2.39. The minimum atomic E-state index is -5.08. The molecule has 25 heavy (non-hydrogen) atoms. The van der Waals surface area contributed by atoms with Crippen molar-refractivity contribution >= 4 is 29.2 Å². The number of alkyl halides is 3. The van der Waals surface area contributed by atoms with Gasteiger partial charge < -0.3 is 9.84 Å². The molecule has 1 aromatic carbocycles. The van der Waals surface area contributed by atoms with Crippen molar-refractivity contribution in [3.05, 3.63) is 33.8 Å². The highest BCUT2D eigenvalue weighted by molar-refractivity contribution is 6.42. The summed E-state index contributed by atoms with van der Waals surface area (Å²) in [6, 6.07) is 5.78. The van der Waals surface area contributed by atoms with Crippen molar-refractivity contribution in [2.45, 2.75) is 58.4 Å². The number of ether oxygens (including phenoxy) is 1. The topological polar surface area (TPSA) is 46.5 Å². The van der Waals surface area contributed by atoms with Gasteiger partial charge in [0, 0.05) is 0 Å². The van der Waals surface area contributed by atoms with Crippen molar-refractivity contribution in [3.8, 4) is 0 Å². The van der Waals surface area contributed by atoms with Crippen LogP contribution in [0.15, 0.2) is 18.2 Å². The Morgan fingerprint density at radius 3 is 2.20 bits per heavy atom. The van der Waals surface area contributed by atoms with Gasteiger partial charge in [0.15, 0.2) is 0 Å². The molecule has 0 saturated carbocycles. The fourth-order valence-corrected chi connectivity index (χ4v) is 2.80. The first-order chi connectivity index (χ1) is 11.3. The molecule has 2 rings (SSSR count). The van der Waals surface area contributed by atoms with Crippen LogP contribution in [0.3, 0.4) is 0 Å². The number of halogens is 5. The number of carboxylic acids is 1. The average molecular weight is 401 g/mol. The lowest BCUT2D eigenvalue weighted by molar-refractivity contribution is -0.192. The highest BCUT2D eigenvalue weighted by Gasteiger charge is 2.38. The summed E-state index contributed by atoms with van der Waals surface area (Å²) in [6.45, 7) is 6.76. The molecule has 8 heteroatoms. The molecule has 0 bridgehead atoms. The first kappa shape index (κ1) is 22.1. The first-order valence-corrected chi connectivity index (χ1v) is 8.45. The summed E-state index contributed by atoms with van der Waals surface area (Å²) in [5, 5.41) is 8.33. The maximum Gasteiger partial charge on any atom is 0.490 e. The van der Waals surface area contributed by atoms with Crippen LogP contribution in [0.2, 0.25) is 10.0 Å². The van der Waals surface area contributed by atoms with Gasteiger partial charge in [0.2, 0.25) is 0 Å². The molecule has 1 fully saturated rings. The molecule has 0 spiro atoms. The van der Waals surface area contributed by atoms with Gasteiger partial charge in [-0.15, -0.1) is 0 Å². The van der Waals surface area contributed by atoms with Crippen LogP contribution in [0.4, 0.5) is 13.2 Å². The second kappa shape index (κ2) is 8.60. The molecule has 142 valence electrons. The lowest BCUT2D eigenvalue weighted by Gasteiger charge is -2.23. The average Bonchev–Trinajstić information content (AvgIpc) is 2.87.